The first-order valence-corrected chi connectivity index (χ1v) is 32.6. The summed E-state index contributed by atoms with van der Waals surface area (Å²) in [5.41, 5.74) is 0. The van der Waals surface area contributed by atoms with E-state index in [0.717, 1.165) is 4.31 Å². The second-order valence-electron chi connectivity index (χ2n) is 21.4. The van der Waals surface area contributed by atoms with Crippen LogP contribution in [0, 0.1) is 0 Å². The number of phosphoric acid groups is 1. The molecule has 0 aliphatic rings. The van der Waals surface area contributed by atoms with Gasteiger partial charge in [-0.2, -0.15) is 110 Å². The van der Waals surface area contributed by atoms with E-state index in [0.29, 0.717) is 35.0 Å². The number of aliphatic hydroxyl groups excluding tert-OH is 1. The van der Waals surface area contributed by atoms with E-state index in [1.165, 1.54) is 0 Å². The van der Waals surface area contributed by atoms with Gasteiger partial charge in [0, 0.05) is 37.3 Å². The maximum Gasteiger partial charge on any atom is 0.416 e. The van der Waals surface area contributed by atoms with E-state index in [2.05, 4.69) is 28.1 Å². The monoisotopic (exact) mass is 1850 g/mol. The minimum absolute atomic E-state index is 0.0115. The zero-order valence-electron chi connectivity index (χ0n) is 57.2. The van der Waals surface area contributed by atoms with Crippen molar-refractivity contribution >= 4 is 43.1 Å². The molecule has 111 heavy (non-hydrogen) atoms. The van der Waals surface area contributed by atoms with Crippen LogP contribution in [0.4, 0.5) is 176 Å². The van der Waals surface area contributed by atoms with Crippen molar-refractivity contribution in [2.45, 2.75) is 86.3 Å². The number of likely N-dealkylation sites (N-methyl/N-ethyl adjacent to an activating group) is 4. The zero-order chi connectivity index (χ0) is 91.7. The minimum Gasteiger partial charge on any atom is -0.773 e. The van der Waals surface area contributed by atoms with E-state index >= 15 is 0 Å². The first-order valence-electron chi connectivity index (χ1n) is 27.1. The van der Waals surface area contributed by atoms with E-state index in [-0.39, 0.29) is 50.5 Å². The highest BCUT2D eigenvalue weighted by molar-refractivity contribution is 7.84. The van der Waals surface area contributed by atoms with Gasteiger partial charge in [0.25, 0.3) is 13.9 Å². The molecule has 0 rings (SSSR count). The number of phosphoric ester groups is 1. The highest BCUT2D eigenvalue weighted by atomic mass is 32.3. The molecule has 2 N–H and O–H groups in total. The minimum atomic E-state index is -6.02. The van der Waals surface area contributed by atoms with Crippen molar-refractivity contribution in [3.8, 4) is 0 Å². The number of ether oxygens (including phenoxy) is 2. The Bertz CT molecular complexity index is 2530. The predicted octanol–water partition coefficient (Wildman–Crippen LogP) is 9.88. The normalized spacial score (nSPS) is 14.6. The largest absolute Gasteiger partial charge is 0.773 e. The first kappa shape index (κ1) is 128. The molecule has 0 aromatic heterocycles. The fourth-order valence-corrected chi connectivity index (χ4v) is 5.54. The lowest BCUT2D eigenvalue weighted by Gasteiger charge is -2.29. The molecule has 0 heterocycles. The van der Waals surface area contributed by atoms with Crippen LogP contribution in [0.1, 0.15) is 13.3 Å². The third-order valence-corrected chi connectivity index (χ3v) is 12.1. The number of carboxylic acid groups (broad SMARTS) is 1. The number of hydrogen-bond donors (Lipinski definition) is 2. The Balaban J connectivity index is -0.000000130. The fourth-order valence-electron chi connectivity index (χ4n) is 3.74. The highest BCUT2D eigenvalue weighted by Crippen LogP contribution is 2.46. The second-order valence-corrected chi connectivity index (χ2v) is 26.5. The van der Waals surface area contributed by atoms with Gasteiger partial charge in [0.15, 0.2) is 53.4 Å². The lowest BCUT2D eigenvalue weighted by molar-refractivity contribution is -0.884. The Morgan fingerprint density at radius 1 is 0.568 bits per heavy atom. The second kappa shape index (κ2) is 57.6. The molecule has 0 bridgehead atoms. The lowest BCUT2D eigenvalue weighted by Crippen LogP contribution is -2.56. The van der Waals surface area contributed by atoms with Gasteiger partial charge in [-0.3, -0.25) is 18.2 Å². The van der Waals surface area contributed by atoms with Gasteiger partial charge in [-0.1, -0.05) is 37.7 Å². The Hall–Kier alpha value is -3.49. The van der Waals surface area contributed by atoms with Crippen LogP contribution in [-0.2, 0) is 63.7 Å². The Kier molecular flexibility index (Phi) is 66.5. The predicted molar refractivity (Wildman–Crippen MR) is 287 cm³/mol. The molecule has 4 atom stereocenters. The third kappa shape index (κ3) is 80.1. The van der Waals surface area contributed by atoms with Crippen LogP contribution in [-0.4, -0.2) is 317 Å². The van der Waals surface area contributed by atoms with Crippen molar-refractivity contribution in [3.63, 3.8) is 0 Å². The van der Waals surface area contributed by atoms with Crippen molar-refractivity contribution in [2.24, 2.45) is 0 Å². The van der Waals surface area contributed by atoms with Crippen molar-refractivity contribution in [1.29, 1.82) is 0 Å². The van der Waals surface area contributed by atoms with Crippen LogP contribution in [0.3, 0.4) is 0 Å². The summed E-state index contributed by atoms with van der Waals surface area (Å²) in [6.45, 7) is -19.1. The molecule has 25 nitrogen and oxygen atoms in total. The van der Waals surface area contributed by atoms with Crippen LogP contribution < -0.4 is 19.6 Å². The molecule has 4 unspecified atom stereocenters. The first-order chi connectivity index (χ1) is 48.8. The number of halogens is 40. The number of nitrogens with zero attached hydrogens (tertiary/aromatic N) is 7. The van der Waals surface area contributed by atoms with Crippen LogP contribution in [0.5, 0.6) is 0 Å². The molecule has 0 aliphatic heterocycles. The molecule has 0 fully saturated rings. The number of carboxylic acids is 1. The van der Waals surface area contributed by atoms with E-state index in [1.54, 1.807) is 25.7 Å². The number of alkyl halides is 33. The molecule has 0 aromatic rings. The van der Waals surface area contributed by atoms with Crippen molar-refractivity contribution < 1.29 is 268 Å². The van der Waals surface area contributed by atoms with Gasteiger partial charge in [-0.05, 0) is 0 Å². The van der Waals surface area contributed by atoms with Crippen molar-refractivity contribution in [2.75, 3.05) is 182 Å². The third-order valence-electron chi connectivity index (χ3n) is 8.81. The fraction of sp³-hybridized carbons (Fsp3) is 0.976. The standard InChI is InChI=1S/C9H23N2O6PS.C7H15FN2O4S.C6H15FNO5P.C5H4F8.2C4H4F6O.C2HF6N.C2H2F5N.C2H2F4.CH2F3N/c1-5-10(19(14)15)6-8-16-18(12,13)17-9-7-11(2,3)4;1-10(2,6-7(11)12)5-3-4-9-15(8,13)14;1-8(2,3)4-5-12-13-14(10,11)6(7)9;6-1-3(8,9)5(12,13)4(10,11)2-7;2*5-1-3(7,8)11-4(9,10)2-6;3-1(4)2(5,6)9(7)8;3-1-2(4,5)8(6)7;3-1-2(4,5)6;2-1-5(3)4/h5-9H2,1-4H3,(H-,12,13,14,15);9H,3-6H2,1-2H3;6,9H,4-5H2,1-3H3;1-2H2;2*1-2H2;1H;1H2;1H2;1H2/p-1. The van der Waals surface area contributed by atoms with Gasteiger partial charge in [0.2, 0.25) is 14.4 Å². The summed E-state index contributed by atoms with van der Waals surface area (Å²) in [5.74, 6) is -18.3. The number of aliphatic carboxylic acids is 1. The Morgan fingerprint density at radius 3 is 1.11 bits per heavy atom. The summed E-state index contributed by atoms with van der Waals surface area (Å²) in [6.07, 6.45) is -30.2. The summed E-state index contributed by atoms with van der Waals surface area (Å²) in [6, 6.07) is -9.96. The topological polar surface area (TPSA) is 295 Å². The average molecular weight is 1850 g/mol. The van der Waals surface area contributed by atoms with Gasteiger partial charge in [0.05, 0.1) is 91.5 Å². The summed E-state index contributed by atoms with van der Waals surface area (Å²) in [7, 11) is 0.694. The van der Waals surface area contributed by atoms with Gasteiger partial charge in [-0.25, -0.2) is 61.9 Å². The number of quaternary nitrogens is 3. The van der Waals surface area contributed by atoms with E-state index < -0.39 is 192 Å². The molecule has 0 aliphatic carbocycles. The van der Waals surface area contributed by atoms with Gasteiger partial charge < -0.3 is 56.4 Å². The number of hydrogen-bond acceptors (Lipinski definition) is 20. The number of nitrogens with one attached hydrogen (secondary N) is 1. The zero-order valence-corrected chi connectivity index (χ0v) is 60.7. The summed E-state index contributed by atoms with van der Waals surface area (Å²) in [5, 5.41) is 11.6. The molecule has 684 valence electrons. The van der Waals surface area contributed by atoms with Crippen molar-refractivity contribution in [3.05, 3.63) is 0 Å². The van der Waals surface area contributed by atoms with E-state index in [1.807, 2.05) is 42.3 Å². The molecule has 0 amide bonds. The number of carbonyl (C=O) groups excluding carboxylic acids is 1. The molecular formula is C42H71F40N8O17P2S2-. The number of carbonyl (C=O) groups is 1. The maximum absolute atomic E-state index is 12.0. The molecule has 0 saturated carbocycles. The average Bonchev–Trinajstić information content (AvgIpc) is 0.775. The lowest BCUT2D eigenvalue weighted by atomic mass is 10.1. The molecule has 0 radical (unpaired) electrons. The SMILES string of the molecule is CCN(CCOP(=O)([O-])OCC[N+](C)(C)C)S(=O)[O-].C[N+](C)(C)CCOOP(=O)([O-])C(O)F.C[N+](C)(CCCNS(=O)(=O)F)CC(=O)[O-].FC(F)C(F)(F)N(F)F.FCC(F)(F)C(F)(F)C(F)(F)CF.FCC(F)(F)F.FCC(F)(F)N(F)F.FCC(F)(F)OC(F)(F)CF.FCC(F)(F)OC(F)(F)CF.FCN(F)F. The molecule has 0 saturated heterocycles. The van der Waals surface area contributed by atoms with Crippen LogP contribution in [0.25, 0.3) is 0 Å². The van der Waals surface area contributed by atoms with Crippen LogP contribution in [0.15, 0.2) is 0 Å². The van der Waals surface area contributed by atoms with Gasteiger partial charge in [-0.15, -0.1) is 0 Å². The van der Waals surface area contributed by atoms with Crippen molar-refractivity contribution in [1.82, 2.24) is 25.1 Å². The Labute approximate surface area is 604 Å². The van der Waals surface area contributed by atoms with E-state index in [4.69, 9.17) is 5.11 Å². The van der Waals surface area contributed by atoms with E-state index in [9.17, 15) is 222 Å². The summed E-state index contributed by atoms with van der Waals surface area (Å²) in [4.78, 5) is 36.4. The smallest absolute Gasteiger partial charge is 0.416 e. The summed E-state index contributed by atoms with van der Waals surface area (Å²) >= 11 is -2.38. The molecule has 0 spiro atoms. The van der Waals surface area contributed by atoms with Crippen LogP contribution >= 0.6 is 15.4 Å². The molecule has 69 heteroatoms. The Morgan fingerprint density at radius 2 is 0.901 bits per heavy atom. The number of rotatable bonds is 40. The highest BCUT2D eigenvalue weighted by Gasteiger charge is 2.71. The maximum atomic E-state index is 12.0. The summed E-state index contributed by atoms with van der Waals surface area (Å²) < 4.78 is 532. The quantitative estimate of drug-likeness (QED) is 0.00551. The van der Waals surface area contributed by atoms with Gasteiger partial charge in [0.1, 0.15) is 32.8 Å². The number of aliphatic hydroxyl groups is 1. The molecular weight excluding hydrogens is 1770 g/mol. The molecule has 0 aromatic carbocycles. The van der Waals surface area contributed by atoms with Crippen LogP contribution in [0.2, 0.25) is 0 Å². The van der Waals surface area contributed by atoms with Gasteiger partial charge >= 0.3 is 77.3 Å².